The van der Waals surface area contributed by atoms with E-state index < -0.39 is 16.9 Å². The minimum absolute atomic E-state index is 0.0238. The molecule has 116 valence electrons. The van der Waals surface area contributed by atoms with E-state index in [9.17, 15) is 20.0 Å². The van der Waals surface area contributed by atoms with Gasteiger partial charge in [0.25, 0.3) is 11.6 Å². The average molecular weight is 315 g/mol. The Kier molecular flexibility index (Phi) is 5.69. The maximum Gasteiger partial charge on any atom is 0.288 e. The van der Waals surface area contributed by atoms with Crippen LogP contribution in [0.1, 0.15) is 37.6 Å². The second-order valence-electron chi connectivity index (χ2n) is 6.05. The van der Waals surface area contributed by atoms with E-state index in [1.54, 1.807) is 0 Å². The summed E-state index contributed by atoms with van der Waals surface area (Å²) in [5, 5.41) is 23.1. The number of nitro benzene ring substituents is 1. The Labute approximate surface area is 128 Å². The summed E-state index contributed by atoms with van der Waals surface area (Å²) in [6.45, 7) is 6.05. The van der Waals surface area contributed by atoms with Gasteiger partial charge in [-0.2, -0.15) is 0 Å². The molecule has 0 spiro atoms. The lowest BCUT2D eigenvalue weighted by molar-refractivity contribution is -0.384. The number of nitrogens with zero attached hydrogens (tertiary/aromatic N) is 1. The maximum atomic E-state index is 11.9. The number of carbonyl (C=O) groups is 1. The number of rotatable bonds is 5. The summed E-state index contributed by atoms with van der Waals surface area (Å²) in [4.78, 5) is 22.0. The Hall–Kier alpha value is -1.66. The summed E-state index contributed by atoms with van der Waals surface area (Å²) >= 11 is 5.68. The van der Waals surface area contributed by atoms with E-state index in [1.807, 2.05) is 20.8 Å². The molecule has 7 heteroatoms. The van der Waals surface area contributed by atoms with Crippen LogP contribution in [0.5, 0.6) is 0 Å². The summed E-state index contributed by atoms with van der Waals surface area (Å²) in [6.07, 6.45) is -0.134. The van der Waals surface area contributed by atoms with Crippen LogP contribution in [-0.2, 0) is 0 Å². The number of halogens is 1. The van der Waals surface area contributed by atoms with Crippen molar-refractivity contribution < 1.29 is 14.8 Å². The number of hydrogen-bond acceptors (Lipinski definition) is 4. The first-order valence-electron chi connectivity index (χ1n) is 6.50. The number of nitro groups is 1. The van der Waals surface area contributed by atoms with Crippen LogP contribution in [0.15, 0.2) is 18.2 Å². The molecule has 1 amide bonds. The first kappa shape index (κ1) is 17.4. The summed E-state index contributed by atoms with van der Waals surface area (Å²) in [5.74, 6) is -0.484. The molecule has 0 aromatic heterocycles. The molecule has 2 N–H and O–H groups in total. The van der Waals surface area contributed by atoms with E-state index in [-0.39, 0.29) is 28.2 Å². The summed E-state index contributed by atoms with van der Waals surface area (Å²) in [7, 11) is 0. The van der Waals surface area contributed by atoms with Gasteiger partial charge in [-0.05, 0) is 24.0 Å². The zero-order valence-electron chi connectivity index (χ0n) is 12.2. The molecule has 0 aliphatic heterocycles. The molecule has 0 aliphatic carbocycles. The monoisotopic (exact) mass is 314 g/mol. The van der Waals surface area contributed by atoms with Crippen LogP contribution in [0.2, 0.25) is 5.02 Å². The molecule has 0 fully saturated rings. The fraction of sp³-hybridized carbons (Fsp3) is 0.500. The van der Waals surface area contributed by atoms with E-state index in [0.717, 1.165) is 6.07 Å². The highest BCUT2D eigenvalue weighted by Gasteiger charge is 2.19. The highest BCUT2D eigenvalue weighted by atomic mass is 35.5. The Morgan fingerprint density at radius 3 is 2.62 bits per heavy atom. The standard InChI is InChI=1S/C14H19ClN2O4/c1-14(2,3)7-10(18)8-16-13(19)9-4-5-11(15)12(6-9)17(20)21/h4-6,10,18H,7-8H2,1-3H3,(H,16,19). The molecule has 0 saturated heterocycles. The number of amides is 1. The lowest BCUT2D eigenvalue weighted by Crippen LogP contribution is -2.34. The molecule has 1 unspecified atom stereocenters. The molecule has 1 atom stereocenters. The van der Waals surface area contributed by atoms with Gasteiger partial charge in [-0.25, -0.2) is 0 Å². The fourth-order valence-corrected chi connectivity index (χ4v) is 2.07. The molecule has 1 aromatic carbocycles. The van der Waals surface area contributed by atoms with Crippen molar-refractivity contribution in [2.75, 3.05) is 6.54 Å². The molecule has 21 heavy (non-hydrogen) atoms. The van der Waals surface area contributed by atoms with Gasteiger partial charge < -0.3 is 10.4 Å². The van der Waals surface area contributed by atoms with E-state index in [2.05, 4.69) is 5.32 Å². The summed E-state index contributed by atoms with van der Waals surface area (Å²) < 4.78 is 0. The third kappa shape index (κ3) is 5.69. The Balaban J connectivity index is 2.68. The highest BCUT2D eigenvalue weighted by Crippen LogP contribution is 2.25. The van der Waals surface area contributed by atoms with Gasteiger partial charge in [0.2, 0.25) is 0 Å². The first-order chi connectivity index (χ1) is 9.60. The van der Waals surface area contributed by atoms with E-state index in [4.69, 9.17) is 11.6 Å². The Bertz CT molecular complexity index is 540. The van der Waals surface area contributed by atoms with Gasteiger partial charge in [0.05, 0.1) is 11.0 Å². The summed E-state index contributed by atoms with van der Waals surface area (Å²) in [6, 6.07) is 3.83. The maximum absolute atomic E-state index is 11.9. The molecule has 0 aliphatic rings. The molecule has 1 rings (SSSR count). The van der Waals surface area contributed by atoms with Crippen LogP contribution < -0.4 is 5.32 Å². The molecule has 0 bridgehead atoms. The zero-order chi connectivity index (χ0) is 16.2. The molecular formula is C14H19ClN2O4. The lowest BCUT2D eigenvalue weighted by atomic mass is 9.89. The van der Waals surface area contributed by atoms with Gasteiger partial charge >= 0.3 is 0 Å². The van der Waals surface area contributed by atoms with Gasteiger partial charge in [0.1, 0.15) is 5.02 Å². The Morgan fingerprint density at radius 2 is 2.10 bits per heavy atom. The van der Waals surface area contributed by atoms with Crippen molar-refractivity contribution in [2.24, 2.45) is 5.41 Å². The largest absolute Gasteiger partial charge is 0.391 e. The van der Waals surface area contributed by atoms with Crippen molar-refractivity contribution in [2.45, 2.75) is 33.3 Å². The van der Waals surface area contributed by atoms with Crippen molar-refractivity contribution in [1.29, 1.82) is 0 Å². The number of nitrogens with one attached hydrogen (secondary N) is 1. The van der Waals surface area contributed by atoms with E-state index >= 15 is 0 Å². The predicted molar refractivity (Wildman–Crippen MR) is 80.5 cm³/mol. The first-order valence-corrected chi connectivity index (χ1v) is 6.88. The number of aliphatic hydroxyl groups excluding tert-OH is 1. The van der Waals surface area contributed by atoms with E-state index in [0.29, 0.717) is 6.42 Å². The number of benzene rings is 1. The van der Waals surface area contributed by atoms with Crippen molar-refractivity contribution >= 4 is 23.2 Å². The van der Waals surface area contributed by atoms with Crippen LogP contribution >= 0.6 is 11.6 Å². The molecule has 0 heterocycles. The molecular weight excluding hydrogens is 296 g/mol. The van der Waals surface area contributed by atoms with Gasteiger partial charge in [-0.15, -0.1) is 0 Å². The quantitative estimate of drug-likeness (QED) is 0.645. The molecule has 0 radical (unpaired) electrons. The van der Waals surface area contributed by atoms with E-state index in [1.165, 1.54) is 12.1 Å². The topological polar surface area (TPSA) is 92.5 Å². The van der Waals surface area contributed by atoms with Crippen molar-refractivity contribution in [1.82, 2.24) is 5.32 Å². The highest BCUT2D eigenvalue weighted by molar-refractivity contribution is 6.32. The number of carbonyl (C=O) groups excluding carboxylic acids is 1. The minimum atomic E-state index is -0.670. The Morgan fingerprint density at radius 1 is 1.48 bits per heavy atom. The minimum Gasteiger partial charge on any atom is -0.391 e. The SMILES string of the molecule is CC(C)(C)CC(O)CNC(=O)c1ccc(Cl)c([N+](=O)[O-])c1. The second kappa shape index (κ2) is 6.87. The lowest BCUT2D eigenvalue weighted by Gasteiger charge is -2.22. The zero-order valence-corrected chi connectivity index (χ0v) is 13.0. The smallest absolute Gasteiger partial charge is 0.288 e. The molecule has 1 aromatic rings. The average Bonchev–Trinajstić information content (AvgIpc) is 2.34. The van der Waals surface area contributed by atoms with Crippen molar-refractivity contribution in [3.63, 3.8) is 0 Å². The second-order valence-corrected chi connectivity index (χ2v) is 6.46. The third-order valence-electron chi connectivity index (χ3n) is 2.75. The number of aliphatic hydroxyl groups is 1. The van der Waals surface area contributed by atoms with Crippen LogP contribution in [0.25, 0.3) is 0 Å². The van der Waals surface area contributed by atoms with Gasteiger partial charge in [-0.1, -0.05) is 32.4 Å². The predicted octanol–water partition coefficient (Wildman–Crippen LogP) is 2.78. The van der Waals surface area contributed by atoms with Crippen LogP contribution in [0.4, 0.5) is 5.69 Å². The van der Waals surface area contributed by atoms with Gasteiger partial charge in [0, 0.05) is 18.2 Å². The molecule has 0 saturated carbocycles. The molecule has 6 nitrogen and oxygen atoms in total. The summed E-state index contributed by atoms with van der Waals surface area (Å²) in [5.41, 5.74) is -0.239. The van der Waals surface area contributed by atoms with Crippen molar-refractivity contribution in [3.05, 3.63) is 38.9 Å². The van der Waals surface area contributed by atoms with Crippen LogP contribution in [0.3, 0.4) is 0 Å². The van der Waals surface area contributed by atoms with Crippen molar-refractivity contribution in [3.8, 4) is 0 Å². The van der Waals surface area contributed by atoms with Gasteiger partial charge in [0.15, 0.2) is 0 Å². The van der Waals surface area contributed by atoms with Crippen LogP contribution in [0, 0.1) is 15.5 Å². The number of hydrogen-bond donors (Lipinski definition) is 2. The van der Waals surface area contributed by atoms with Crippen LogP contribution in [-0.4, -0.2) is 28.6 Å². The third-order valence-corrected chi connectivity index (χ3v) is 3.07. The fourth-order valence-electron chi connectivity index (χ4n) is 1.89. The van der Waals surface area contributed by atoms with Gasteiger partial charge in [-0.3, -0.25) is 14.9 Å². The normalized spacial score (nSPS) is 12.8.